The van der Waals surface area contributed by atoms with Gasteiger partial charge in [-0.1, -0.05) is 35.5 Å². The van der Waals surface area contributed by atoms with Crippen molar-refractivity contribution in [2.24, 2.45) is 0 Å². The molecule has 0 atom stereocenters. The molecule has 2 heterocycles. The summed E-state index contributed by atoms with van der Waals surface area (Å²) in [5, 5.41) is 9.12. The molecule has 2 aromatic heterocycles. The number of carbonyl (C=O) groups is 2. The summed E-state index contributed by atoms with van der Waals surface area (Å²) in [6.07, 6.45) is 2.15. The van der Waals surface area contributed by atoms with Crippen molar-refractivity contribution in [3.63, 3.8) is 0 Å². The Hall–Kier alpha value is -3.48. The molecule has 2 amide bonds. The van der Waals surface area contributed by atoms with Crippen LogP contribution in [0, 0.1) is 6.92 Å². The first kappa shape index (κ1) is 17.3. The van der Waals surface area contributed by atoms with Crippen LogP contribution in [0.3, 0.4) is 0 Å². The van der Waals surface area contributed by atoms with Gasteiger partial charge >= 0.3 is 0 Å². The van der Waals surface area contributed by atoms with Gasteiger partial charge in [-0.25, -0.2) is 0 Å². The maximum Gasteiger partial charge on any atom is 0.269 e. The average Bonchev–Trinajstić information content (AvgIpc) is 3.07. The van der Waals surface area contributed by atoms with E-state index < -0.39 is 0 Å². The number of amides is 2. The molecule has 0 spiro atoms. The fourth-order valence-corrected chi connectivity index (χ4v) is 2.37. The highest BCUT2D eigenvalue weighted by atomic mass is 16.5. The Kier molecular flexibility index (Phi) is 5.38. The molecule has 0 aliphatic rings. The third-order valence-corrected chi connectivity index (χ3v) is 3.67. The van der Waals surface area contributed by atoms with E-state index in [4.69, 9.17) is 4.52 Å². The maximum absolute atomic E-state index is 12.2. The summed E-state index contributed by atoms with van der Waals surface area (Å²) in [4.78, 5) is 28.5. The van der Waals surface area contributed by atoms with Crippen molar-refractivity contribution in [1.82, 2.24) is 15.5 Å². The smallest absolute Gasteiger partial charge is 0.269 e. The molecule has 0 unspecified atom stereocenters. The largest absolute Gasteiger partial charge is 0.360 e. The summed E-state index contributed by atoms with van der Waals surface area (Å²) in [6, 6.07) is 14.4. The second-order valence-electron chi connectivity index (χ2n) is 5.70. The minimum Gasteiger partial charge on any atom is -0.360 e. The topological polar surface area (TPSA) is 97.1 Å². The van der Waals surface area contributed by atoms with Gasteiger partial charge in [0.25, 0.3) is 11.8 Å². The van der Waals surface area contributed by atoms with Crippen LogP contribution in [0.1, 0.15) is 32.2 Å². The quantitative estimate of drug-likeness (QED) is 0.712. The molecule has 0 aliphatic carbocycles. The molecule has 0 bridgehead atoms. The number of benzene rings is 1. The van der Waals surface area contributed by atoms with Crippen LogP contribution in [-0.4, -0.2) is 28.5 Å². The zero-order valence-corrected chi connectivity index (χ0v) is 14.2. The highest BCUT2D eigenvalue weighted by Crippen LogP contribution is 2.10. The summed E-state index contributed by atoms with van der Waals surface area (Å²) >= 11 is 0. The highest BCUT2D eigenvalue weighted by Gasteiger charge is 2.13. The molecule has 1 aromatic carbocycles. The molecular formula is C19H18N4O3. The first-order valence-corrected chi connectivity index (χ1v) is 8.14. The predicted octanol–water partition coefficient (Wildman–Crippen LogP) is 2.60. The number of aryl methyl sites for hydroxylation is 1. The molecule has 0 fully saturated rings. The number of rotatable bonds is 6. The van der Waals surface area contributed by atoms with Crippen LogP contribution in [0.4, 0.5) is 5.82 Å². The van der Waals surface area contributed by atoms with Gasteiger partial charge in [0.2, 0.25) is 0 Å². The zero-order chi connectivity index (χ0) is 18.4. The van der Waals surface area contributed by atoms with Gasteiger partial charge in [-0.15, -0.1) is 0 Å². The lowest BCUT2D eigenvalue weighted by Gasteiger charge is -2.06. The van der Waals surface area contributed by atoms with Crippen LogP contribution in [0.2, 0.25) is 0 Å². The van der Waals surface area contributed by atoms with E-state index in [0.717, 1.165) is 12.0 Å². The molecule has 3 aromatic rings. The predicted molar refractivity (Wildman–Crippen MR) is 95.9 cm³/mol. The van der Waals surface area contributed by atoms with Crippen LogP contribution < -0.4 is 10.6 Å². The molecule has 2 N–H and O–H groups in total. The summed E-state index contributed by atoms with van der Waals surface area (Å²) in [7, 11) is 0. The number of hydrogen-bond donors (Lipinski definition) is 2. The molecule has 3 rings (SSSR count). The second-order valence-corrected chi connectivity index (χ2v) is 5.70. The molecular weight excluding hydrogens is 332 g/mol. The molecule has 0 saturated heterocycles. The Labute approximate surface area is 150 Å². The van der Waals surface area contributed by atoms with Crippen LogP contribution >= 0.6 is 0 Å². The molecule has 0 aliphatic heterocycles. The minimum absolute atomic E-state index is 0.182. The number of nitrogens with one attached hydrogen (secondary N) is 2. The number of aromatic nitrogens is 2. The van der Waals surface area contributed by atoms with Crippen LogP contribution in [-0.2, 0) is 6.42 Å². The van der Waals surface area contributed by atoms with E-state index in [-0.39, 0.29) is 17.5 Å². The van der Waals surface area contributed by atoms with Gasteiger partial charge < -0.3 is 15.2 Å². The van der Waals surface area contributed by atoms with E-state index >= 15 is 0 Å². The van der Waals surface area contributed by atoms with Gasteiger partial charge in [-0.2, -0.15) is 0 Å². The SMILES string of the molecule is Cc1cc(NC(=O)c2ccnc(C(=O)NCCc3ccccc3)c2)no1. The van der Waals surface area contributed by atoms with Gasteiger partial charge in [-0.3, -0.25) is 14.6 Å². The maximum atomic E-state index is 12.2. The van der Waals surface area contributed by atoms with E-state index in [1.165, 1.54) is 18.3 Å². The normalized spacial score (nSPS) is 10.3. The van der Waals surface area contributed by atoms with E-state index in [1.807, 2.05) is 30.3 Å². The Morgan fingerprint density at radius 3 is 2.62 bits per heavy atom. The summed E-state index contributed by atoms with van der Waals surface area (Å²) in [5.41, 5.74) is 1.63. The molecule has 0 saturated carbocycles. The molecule has 7 nitrogen and oxygen atoms in total. The number of carbonyl (C=O) groups excluding carboxylic acids is 2. The van der Waals surface area contributed by atoms with Gasteiger partial charge in [0, 0.05) is 24.4 Å². The minimum atomic E-state index is -0.390. The molecule has 26 heavy (non-hydrogen) atoms. The fourth-order valence-electron chi connectivity index (χ4n) is 2.37. The van der Waals surface area contributed by atoms with Crippen LogP contribution in [0.15, 0.2) is 59.3 Å². The third-order valence-electron chi connectivity index (χ3n) is 3.67. The Morgan fingerprint density at radius 2 is 1.88 bits per heavy atom. The van der Waals surface area contributed by atoms with Crippen molar-refractivity contribution in [2.45, 2.75) is 13.3 Å². The van der Waals surface area contributed by atoms with Gasteiger partial charge in [-0.05, 0) is 31.0 Å². The highest BCUT2D eigenvalue weighted by molar-refractivity contribution is 6.05. The summed E-state index contributed by atoms with van der Waals surface area (Å²) < 4.78 is 4.90. The van der Waals surface area contributed by atoms with Gasteiger partial charge in [0.15, 0.2) is 5.82 Å². The Morgan fingerprint density at radius 1 is 1.08 bits per heavy atom. The standard InChI is InChI=1S/C19H18N4O3/c1-13-11-17(23-26-13)22-18(24)15-8-10-20-16(12-15)19(25)21-9-7-14-5-3-2-4-6-14/h2-6,8,10-12H,7,9H2,1H3,(H,21,25)(H,22,23,24). The van der Waals surface area contributed by atoms with Crippen LogP contribution in [0.25, 0.3) is 0 Å². The Balaban J connectivity index is 1.59. The lowest BCUT2D eigenvalue weighted by molar-refractivity contribution is 0.0949. The van der Waals surface area contributed by atoms with Crippen molar-refractivity contribution in [3.05, 3.63) is 77.3 Å². The average molecular weight is 350 g/mol. The van der Waals surface area contributed by atoms with E-state index in [9.17, 15) is 9.59 Å². The number of anilines is 1. The summed E-state index contributed by atoms with van der Waals surface area (Å²) in [6.45, 7) is 2.21. The van der Waals surface area contributed by atoms with Crippen molar-refractivity contribution in [1.29, 1.82) is 0 Å². The third kappa shape index (κ3) is 4.54. The Bertz CT molecular complexity index is 906. The number of pyridine rings is 1. The molecule has 132 valence electrons. The lowest BCUT2D eigenvalue weighted by Crippen LogP contribution is -2.27. The number of hydrogen-bond acceptors (Lipinski definition) is 5. The summed E-state index contributed by atoms with van der Waals surface area (Å²) in [5.74, 6) is 0.193. The van der Waals surface area contributed by atoms with E-state index in [1.54, 1.807) is 13.0 Å². The van der Waals surface area contributed by atoms with Crippen LogP contribution in [0.5, 0.6) is 0 Å². The van der Waals surface area contributed by atoms with Crippen molar-refractivity contribution in [3.8, 4) is 0 Å². The monoisotopic (exact) mass is 350 g/mol. The number of nitrogens with zero attached hydrogens (tertiary/aromatic N) is 2. The van der Waals surface area contributed by atoms with Crippen molar-refractivity contribution >= 4 is 17.6 Å². The van der Waals surface area contributed by atoms with Gasteiger partial charge in [0.05, 0.1) is 0 Å². The second kappa shape index (κ2) is 8.06. The van der Waals surface area contributed by atoms with Gasteiger partial charge in [0.1, 0.15) is 11.5 Å². The lowest BCUT2D eigenvalue weighted by atomic mass is 10.1. The fraction of sp³-hybridized carbons (Fsp3) is 0.158. The molecule has 7 heteroatoms. The van der Waals surface area contributed by atoms with Crippen molar-refractivity contribution in [2.75, 3.05) is 11.9 Å². The first-order chi connectivity index (χ1) is 12.6. The molecule has 0 radical (unpaired) electrons. The van der Waals surface area contributed by atoms with E-state index in [0.29, 0.717) is 23.7 Å². The van der Waals surface area contributed by atoms with Crippen molar-refractivity contribution < 1.29 is 14.1 Å². The zero-order valence-electron chi connectivity index (χ0n) is 14.2. The first-order valence-electron chi connectivity index (χ1n) is 8.14. The van der Waals surface area contributed by atoms with E-state index in [2.05, 4.69) is 20.8 Å².